The molecular formula is C12H18. The van der Waals surface area contributed by atoms with E-state index in [1.54, 1.807) is 12.8 Å². The summed E-state index contributed by atoms with van der Waals surface area (Å²) in [5.74, 6) is 4.06. The van der Waals surface area contributed by atoms with Gasteiger partial charge in [0.1, 0.15) is 0 Å². The average Bonchev–Trinajstić information content (AvgIpc) is 2.63. The van der Waals surface area contributed by atoms with Crippen LogP contribution >= 0.6 is 0 Å². The summed E-state index contributed by atoms with van der Waals surface area (Å²) in [6.07, 6.45) is 10.2. The second-order valence-corrected chi connectivity index (χ2v) is 5.10. The van der Waals surface area contributed by atoms with Crippen LogP contribution in [0.25, 0.3) is 0 Å². The van der Waals surface area contributed by atoms with Gasteiger partial charge in [0.2, 0.25) is 0 Å². The number of allylic oxidation sites excluding steroid dienone is 2. The van der Waals surface area contributed by atoms with Gasteiger partial charge in [-0.2, -0.15) is 0 Å². The topological polar surface area (TPSA) is 0 Å². The fourth-order valence-corrected chi connectivity index (χ4v) is 3.78. The Morgan fingerprint density at radius 3 is 3.00 bits per heavy atom. The highest BCUT2D eigenvalue weighted by Crippen LogP contribution is 2.55. The lowest BCUT2D eigenvalue weighted by molar-refractivity contribution is 0.340. The third-order valence-corrected chi connectivity index (χ3v) is 4.35. The van der Waals surface area contributed by atoms with Crippen molar-refractivity contribution in [2.75, 3.05) is 0 Å². The van der Waals surface area contributed by atoms with Gasteiger partial charge < -0.3 is 0 Å². The van der Waals surface area contributed by atoms with Gasteiger partial charge in [-0.3, -0.25) is 0 Å². The van der Waals surface area contributed by atoms with Crippen LogP contribution in [0.4, 0.5) is 0 Å². The molecule has 3 aliphatic rings. The predicted molar refractivity (Wildman–Crippen MR) is 50.8 cm³/mol. The van der Waals surface area contributed by atoms with E-state index >= 15 is 0 Å². The minimum absolute atomic E-state index is 0.885. The van der Waals surface area contributed by atoms with Crippen LogP contribution in [0.1, 0.15) is 39.0 Å². The highest BCUT2D eigenvalue weighted by Gasteiger charge is 2.44. The summed E-state index contributed by atoms with van der Waals surface area (Å²) in [6.45, 7) is 2.38. The van der Waals surface area contributed by atoms with Crippen molar-refractivity contribution in [2.24, 2.45) is 23.7 Å². The van der Waals surface area contributed by atoms with E-state index in [4.69, 9.17) is 0 Å². The molecule has 0 nitrogen and oxygen atoms in total. The van der Waals surface area contributed by atoms with E-state index in [0.29, 0.717) is 0 Å². The van der Waals surface area contributed by atoms with Crippen molar-refractivity contribution in [1.29, 1.82) is 0 Å². The fourth-order valence-electron chi connectivity index (χ4n) is 3.78. The van der Waals surface area contributed by atoms with E-state index in [0.717, 1.165) is 23.7 Å². The van der Waals surface area contributed by atoms with Gasteiger partial charge in [0, 0.05) is 0 Å². The lowest BCUT2D eigenvalue weighted by Gasteiger charge is -2.30. The second kappa shape index (κ2) is 2.37. The molecule has 12 heavy (non-hydrogen) atoms. The zero-order valence-electron chi connectivity index (χ0n) is 7.92. The summed E-state index contributed by atoms with van der Waals surface area (Å²) in [5, 5.41) is 0. The molecule has 0 aliphatic heterocycles. The van der Waals surface area contributed by atoms with Crippen molar-refractivity contribution in [3.8, 4) is 0 Å². The third kappa shape index (κ3) is 0.841. The Kier molecular flexibility index (Phi) is 1.42. The lowest BCUT2D eigenvalue weighted by Crippen LogP contribution is -2.18. The maximum atomic E-state index is 2.61. The van der Waals surface area contributed by atoms with Crippen LogP contribution in [0.5, 0.6) is 0 Å². The van der Waals surface area contributed by atoms with Gasteiger partial charge in [0.25, 0.3) is 0 Å². The summed E-state index contributed by atoms with van der Waals surface area (Å²) in [4.78, 5) is 0. The van der Waals surface area contributed by atoms with Crippen LogP contribution in [-0.2, 0) is 0 Å². The first kappa shape index (κ1) is 7.17. The quantitative estimate of drug-likeness (QED) is 0.479. The zero-order valence-corrected chi connectivity index (χ0v) is 7.92. The van der Waals surface area contributed by atoms with Gasteiger partial charge in [-0.15, -0.1) is 0 Å². The molecule has 0 aromatic rings. The van der Waals surface area contributed by atoms with E-state index in [2.05, 4.69) is 13.0 Å². The molecule has 0 radical (unpaired) electrons. The summed E-state index contributed by atoms with van der Waals surface area (Å²) < 4.78 is 0. The van der Waals surface area contributed by atoms with Gasteiger partial charge in [-0.25, -0.2) is 0 Å². The van der Waals surface area contributed by atoms with E-state index in [1.807, 2.05) is 5.57 Å². The summed E-state index contributed by atoms with van der Waals surface area (Å²) in [7, 11) is 0. The minimum atomic E-state index is 0.885. The lowest BCUT2D eigenvalue weighted by atomic mass is 9.75. The monoisotopic (exact) mass is 162 g/mol. The molecule has 0 heteroatoms. The molecule has 0 saturated heterocycles. The maximum Gasteiger partial charge on any atom is -0.0172 e. The van der Waals surface area contributed by atoms with Crippen LogP contribution in [0.3, 0.4) is 0 Å². The predicted octanol–water partition coefficient (Wildman–Crippen LogP) is 3.39. The summed E-state index contributed by atoms with van der Waals surface area (Å²) in [6, 6.07) is 0. The van der Waals surface area contributed by atoms with Gasteiger partial charge in [0.15, 0.2) is 0 Å². The van der Waals surface area contributed by atoms with Crippen LogP contribution in [0, 0.1) is 23.7 Å². The summed E-state index contributed by atoms with van der Waals surface area (Å²) in [5.41, 5.74) is 1.88. The van der Waals surface area contributed by atoms with Crippen LogP contribution in [0.2, 0.25) is 0 Å². The molecule has 0 aromatic heterocycles. The molecule has 0 N–H and O–H groups in total. The molecule has 0 aromatic carbocycles. The first-order valence-corrected chi connectivity index (χ1v) is 5.56. The van der Waals surface area contributed by atoms with E-state index in [9.17, 15) is 0 Å². The number of hydrogen-bond acceptors (Lipinski definition) is 0. The average molecular weight is 162 g/mol. The molecule has 3 aliphatic carbocycles. The zero-order chi connectivity index (χ0) is 8.13. The molecular weight excluding hydrogens is 144 g/mol. The Bertz CT molecular complexity index is 226. The maximum absolute atomic E-state index is 2.61. The minimum Gasteiger partial charge on any atom is -0.0819 e. The van der Waals surface area contributed by atoms with Crippen LogP contribution in [-0.4, -0.2) is 0 Å². The molecule has 2 saturated carbocycles. The molecule has 2 bridgehead atoms. The van der Waals surface area contributed by atoms with E-state index in [1.165, 1.54) is 19.3 Å². The fraction of sp³-hybridized carbons (Fsp3) is 0.833. The Hall–Kier alpha value is -0.260. The van der Waals surface area contributed by atoms with Crippen molar-refractivity contribution < 1.29 is 0 Å². The van der Waals surface area contributed by atoms with Crippen molar-refractivity contribution in [2.45, 2.75) is 39.0 Å². The highest BCUT2D eigenvalue weighted by molar-refractivity contribution is 5.24. The molecule has 3 unspecified atom stereocenters. The van der Waals surface area contributed by atoms with E-state index < -0.39 is 0 Å². The molecule has 2 fully saturated rings. The largest absolute Gasteiger partial charge is 0.0819 e. The number of hydrogen-bond donors (Lipinski definition) is 0. The third-order valence-electron chi connectivity index (χ3n) is 4.35. The van der Waals surface area contributed by atoms with Gasteiger partial charge >= 0.3 is 0 Å². The molecule has 4 atom stereocenters. The first-order chi connectivity index (χ1) is 5.84. The molecule has 66 valence electrons. The molecule has 0 spiro atoms. The first-order valence-electron chi connectivity index (χ1n) is 5.56. The molecule has 0 amide bonds. The van der Waals surface area contributed by atoms with Crippen molar-refractivity contribution >= 4 is 0 Å². The molecule has 0 heterocycles. The Morgan fingerprint density at radius 2 is 2.08 bits per heavy atom. The van der Waals surface area contributed by atoms with Crippen LogP contribution < -0.4 is 0 Å². The van der Waals surface area contributed by atoms with Gasteiger partial charge in [-0.05, 0) is 55.8 Å². The number of rotatable bonds is 0. The van der Waals surface area contributed by atoms with Gasteiger partial charge in [0.05, 0.1) is 0 Å². The molecule has 3 rings (SSSR count). The Morgan fingerprint density at radius 1 is 1.17 bits per heavy atom. The smallest absolute Gasteiger partial charge is 0.0172 e. The van der Waals surface area contributed by atoms with Crippen molar-refractivity contribution in [3.05, 3.63) is 11.6 Å². The van der Waals surface area contributed by atoms with Crippen LogP contribution in [0.15, 0.2) is 11.6 Å². The standard InChI is InChI=1S/C12H18/c1-8-2-5-11-9-3-4-10(7-9)12(11)6-8/h6,8-11H,2-5,7H2,1H3/t8-,9?,10?,11?/m1/s1. The number of fused-ring (bicyclic) bond motifs is 5. The normalized spacial score (nSPS) is 50.6. The summed E-state index contributed by atoms with van der Waals surface area (Å²) >= 11 is 0. The Labute approximate surface area is 75.0 Å². The van der Waals surface area contributed by atoms with Crippen molar-refractivity contribution in [1.82, 2.24) is 0 Å². The van der Waals surface area contributed by atoms with E-state index in [-0.39, 0.29) is 0 Å². The second-order valence-electron chi connectivity index (χ2n) is 5.10. The van der Waals surface area contributed by atoms with Gasteiger partial charge in [-0.1, -0.05) is 18.6 Å². The SMILES string of the molecule is C[C@H]1C=C2C3CCC(C3)C2CC1. The van der Waals surface area contributed by atoms with Crippen molar-refractivity contribution in [3.63, 3.8) is 0 Å². The highest BCUT2D eigenvalue weighted by atomic mass is 14.5. The Balaban J connectivity index is 1.95.